The highest BCUT2D eigenvalue weighted by atomic mass is 19.5. The van der Waals surface area contributed by atoms with Crippen molar-refractivity contribution >= 4 is 7.25 Å². The smallest absolute Gasteiger partial charge is 0.418 e. The van der Waals surface area contributed by atoms with E-state index in [1.54, 1.807) is 0 Å². The third-order valence-electron chi connectivity index (χ3n) is 3.10. The van der Waals surface area contributed by atoms with Gasteiger partial charge in [0.25, 0.3) is 0 Å². The summed E-state index contributed by atoms with van der Waals surface area (Å²) in [5, 5.41) is 0. The van der Waals surface area contributed by atoms with Crippen LogP contribution in [-0.4, -0.2) is 62.6 Å². The number of quaternary nitrogens is 1. The Balaban J connectivity index is 0.000000195. The normalized spacial score (nSPS) is 39.6. The van der Waals surface area contributed by atoms with Gasteiger partial charge in [-0.1, -0.05) is 0 Å². The zero-order valence-electron chi connectivity index (χ0n) is 8.67. The summed E-state index contributed by atoms with van der Waals surface area (Å²) in [6, 6.07) is 0. The molecule has 3 rings (SSSR count). The van der Waals surface area contributed by atoms with E-state index in [2.05, 4.69) is 11.9 Å². The van der Waals surface area contributed by atoms with Gasteiger partial charge in [-0.05, 0) is 0 Å². The van der Waals surface area contributed by atoms with Gasteiger partial charge in [-0.2, -0.15) is 0 Å². The maximum absolute atomic E-state index is 9.75. The Morgan fingerprint density at radius 1 is 1.20 bits per heavy atom. The Morgan fingerprint density at radius 2 is 1.60 bits per heavy atom. The van der Waals surface area contributed by atoms with Crippen LogP contribution in [-0.2, 0) is 0 Å². The second-order valence-electron chi connectivity index (χ2n) is 4.29. The van der Waals surface area contributed by atoms with Gasteiger partial charge in [0.15, 0.2) is 6.17 Å². The van der Waals surface area contributed by atoms with E-state index in [1.807, 2.05) is 0 Å². The predicted octanol–water partition coefficient (Wildman–Crippen LogP) is 0.347. The second-order valence-corrected chi connectivity index (χ2v) is 4.29. The minimum Gasteiger partial charge on any atom is -0.418 e. The highest BCUT2D eigenvalue weighted by molar-refractivity contribution is 6.50. The molecule has 8 heteroatoms. The lowest BCUT2D eigenvalue weighted by Gasteiger charge is -2.51. The Kier molecular flexibility index (Phi) is 3.62. The second kappa shape index (κ2) is 4.27. The summed E-state index contributed by atoms with van der Waals surface area (Å²) < 4.78 is 40.1. The average molecular weight is 229 g/mol. The van der Waals surface area contributed by atoms with Gasteiger partial charge in [-0.3, -0.25) is 10.6 Å². The van der Waals surface area contributed by atoms with Crippen molar-refractivity contribution in [2.75, 3.05) is 39.8 Å². The maximum atomic E-state index is 9.75. The van der Waals surface area contributed by atoms with Gasteiger partial charge in [0.1, 0.15) is 0 Å². The van der Waals surface area contributed by atoms with Crippen molar-refractivity contribution in [2.24, 2.45) is 5.73 Å². The number of nitrogens with two attached hydrogens (primary N) is 1. The maximum Gasteiger partial charge on any atom is 0.673 e. The number of rotatable bonds is 0. The van der Waals surface area contributed by atoms with Crippen LogP contribution in [0, 0.1) is 0 Å². The van der Waals surface area contributed by atoms with E-state index in [0.717, 1.165) is 11.0 Å². The standard InChI is InChI=1S/C7H16N3.BF4/c1-10-4-2-9(3-5-10)6-7(10)8;2-1(3,4)5/h7H,2-6,8H2,1H3;/q+1;-1. The molecule has 0 aromatic rings. The predicted molar refractivity (Wildman–Crippen MR) is 50.5 cm³/mol. The fraction of sp³-hybridized carbons (Fsp3) is 1.00. The number of fused-ring (bicyclic) bond motifs is 3. The Morgan fingerprint density at radius 3 is 1.80 bits per heavy atom. The van der Waals surface area contributed by atoms with E-state index < -0.39 is 7.25 Å². The monoisotopic (exact) mass is 229 g/mol. The third-order valence-corrected chi connectivity index (χ3v) is 3.10. The van der Waals surface area contributed by atoms with Gasteiger partial charge >= 0.3 is 7.25 Å². The molecule has 3 aliphatic heterocycles. The molecule has 3 nitrogen and oxygen atoms in total. The molecular weight excluding hydrogens is 213 g/mol. The number of likely N-dealkylation sites (N-methyl/N-ethyl adjacent to an activating group) is 1. The molecule has 0 aromatic carbocycles. The van der Waals surface area contributed by atoms with Gasteiger partial charge in [0.2, 0.25) is 0 Å². The van der Waals surface area contributed by atoms with E-state index in [4.69, 9.17) is 5.73 Å². The molecule has 0 radical (unpaired) electrons. The van der Waals surface area contributed by atoms with Gasteiger partial charge in [-0.15, -0.1) is 0 Å². The Hall–Kier alpha value is -0.335. The van der Waals surface area contributed by atoms with E-state index in [-0.39, 0.29) is 0 Å². The Labute approximate surface area is 86.5 Å². The van der Waals surface area contributed by atoms with Crippen LogP contribution < -0.4 is 5.73 Å². The topological polar surface area (TPSA) is 29.3 Å². The van der Waals surface area contributed by atoms with Crippen molar-refractivity contribution in [2.45, 2.75) is 6.17 Å². The zero-order valence-corrected chi connectivity index (χ0v) is 8.67. The molecule has 3 heterocycles. The lowest BCUT2D eigenvalue weighted by Crippen LogP contribution is -2.73. The Bertz CT molecular complexity index is 209. The van der Waals surface area contributed by atoms with Crippen LogP contribution in [0.2, 0.25) is 0 Å². The molecule has 1 atom stereocenters. The minimum absolute atomic E-state index is 0.377. The fourth-order valence-electron chi connectivity index (χ4n) is 1.94. The number of hydrogen-bond donors (Lipinski definition) is 1. The minimum atomic E-state index is -6.00. The fourth-order valence-corrected chi connectivity index (χ4v) is 1.94. The van der Waals surface area contributed by atoms with Gasteiger partial charge in [-0.25, -0.2) is 0 Å². The number of piperazine rings is 3. The highest BCUT2D eigenvalue weighted by Gasteiger charge is 2.40. The van der Waals surface area contributed by atoms with Crippen LogP contribution in [0.5, 0.6) is 0 Å². The summed E-state index contributed by atoms with van der Waals surface area (Å²) in [7, 11) is -3.72. The summed E-state index contributed by atoms with van der Waals surface area (Å²) in [6.45, 7) is 6.12. The molecule has 2 bridgehead atoms. The molecule has 3 saturated heterocycles. The third kappa shape index (κ3) is 3.96. The molecule has 0 aromatic heterocycles. The van der Waals surface area contributed by atoms with E-state index >= 15 is 0 Å². The van der Waals surface area contributed by atoms with Crippen LogP contribution in [0.4, 0.5) is 17.3 Å². The molecule has 2 N–H and O–H groups in total. The zero-order chi connectivity index (χ0) is 11.7. The van der Waals surface area contributed by atoms with E-state index in [9.17, 15) is 17.3 Å². The first-order valence-electron chi connectivity index (χ1n) is 4.90. The van der Waals surface area contributed by atoms with Crippen molar-refractivity contribution in [3.05, 3.63) is 0 Å². The first-order chi connectivity index (χ1) is 6.71. The molecule has 90 valence electrons. The summed E-state index contributed by atoms with van der Waals surface area (Å²) in [5.74, 6) is 0. The molecule has 0 amide bonds. The molecule has 0 saturated carbocycles. The lowest BCUT2D eigenvalue weighted by atomic mass is 10.1. The molecule has 15 heavy (non-hydrogen) atoms. The van der Waals surface area contributed by atoms with Crippen LogP contribution in [0.25, 0.3) is 0 Å². The van der Waals surface area contributed by atoms with Crippen molar-refractivity contribution in [3.63, 3.8) is 0 Å². The van der Waals surface area contributed by atoms with Crippen molar-refractivity contribution in [1.82, 2.24) is 4.90 Å². The largest absolute Gasteiger partial charge is 0.673 e. The van der Waals surface area contributed by atoms with E-state index in [0.29, 0.717) is 6.17 Å². The van der Waals surface area contributed by atoms with Crippen LogP contribution in [0.15, 0.2) is 0 Å². The van der Waals surface area contributed by atoms with Crippen molar-refractivity contribution < 1.29 is 21.7 Å². The average Bonchev–Trinajstić information content (AvgIpc) is 2.04. The summed E-state index contributed by atoms with van der Waals surface area (Å²) in [4.78, 5) is 2.47. The highest BCUT2D eigenvalue weighted by Crippen LogP contribution is 2.19. The van der Waals surface area contributed by atoms with Crippen molar-refractivity contribution in [3.8, 4) is 0 Å². The molecule has 1 unspecified atom stereocenters. The quantitative estimate of drug-likeness (QED) is 0.369. The number of hydrogen-bond acceptors (Lipinski definition) is 2. The van der Waals surface area contributed by atoms with Crippen LogP contribution in [0.1, 0.15) is 0 Å². The summed E-state index contributed by atoms with van der Waals surface area (Å²) in [5.41, 5.74) is 5.98. The van der Waals surface area contributed by atoms with Gasteiger partial charge in [0.05, 0.1) is 26.7 Å². The van der Waals surface area contributed by atoms with Gasteiger partial charge < -0.3 is 21.7 Å². The van der Waals surface area contributed by atoms with Gasteiger partial charge in [0, 0.05) is 13.1 Å². The molecule has 0 spiro atoms. The first kappa shape index (κ1) is 12.7. The summed E-state index contributed by atoms with van der Waals surface area (Å²) in [6.07, 6.45) is 0.377. The lowest BCUT2D eigenvalue weighted by molar-refractivity contribution is -0.946. The van der Waals surface area contributed by atoms with Crippen molar-refractivity contribution in [1.29, 1.82) is 0 Å². The summed E-state index contributed by atoms with van der Waals surface area (Å²) >= 11 is 0. The SMILES string of the molecule is C[N+]12CCN(CC1)CC2N.F[B-](F)(F)F. The molecule has 0 aliphatic carbocycles. The first-order valence-corrected chi connectivity index (χ1v) is 4.90. The van der Waals surface area contributed by atoms with E-state index in [1.165, 1.54) is 26.2 Å². The number of nitrogens with zero attached hydrogens (tertiary/aromatic N) is 2. The molecule has 3 aliphatic rings. The molecular formula is C7H16BF4N3. The van der Waals surface area contributed by atoms with Crippen LogP contribution in [0.3, 0.4) is 0 Å². The molecule has 3 fully saturated rings. The van der Waals surface area contributed by atoms with Crippen LogP contribution >= 0.6 is 0 Å². The number of halogens is 4.